The van der Waals surface area contributed by atoms with Gasteiger partial charge >= 0.3 is 5.97 Å². The van der Waals surface area contributed by atoms with Crippen molar-refractivity contribution in [2.45, 2.75) is 12.5 Å². The molecule has 1 N–H and O–H groups in total. The zero-order valence-corrected chi connectivity index (χ0v) is 13.3. The maximum atomic E-state index is 11.4. The van der Waals surface area contributed by atoms with E-state index < -0.39 is 12.1 Å². The lowest BCUT2D eigenvalue weighted by atomic mass is 10.1. The highest BCUT2D eigenvalue weighted by Crippen LogP contribution is 2.27. The summed E-state index contributed by atoms with van der Waals surface area (Å²) >= 11 is 12.0. The molecule has 0 bridgehead atoms. The second-order valence-electron chi connectivity index (χ2n) is 4.55. The lowest BCUT2D eigenvalue weighted by Gasteiger charge is -2.16. The summed E-state index contributed by atoms with van der Waals surface area (Å²) in [6.07, 6.45) is -0.908. The molecule has 2 rings (SSSR count). The summed E-state index contributed by atoms with van der Waals surface area (Å²) in [6.45, 7) is 0. The first-order valence-corrected chi connectivity index (χ1v) is 7.23. The molecule has 2 aromatic carbocycles. The van der Waals surface area contributed by atoms with Crippen molar-refractivity contribution in [3.8, 4) is 11.5 Å². The number of carboxylic acid groups (broad SMARTS) is 1. The van der Waals surface area contributed by atoms with Crippen LogP contribution in [0.5, 0.6) is 11.5 Å². The second kappa shape index (κ2) is 7.38. The summed E-state index contributed by atoms with van der Waals surface area (Å²) in [5, 5.41) is 10.1. The van der Waals surface area contributed by atoms with E-state index in [1.165, 1.54) is 7.11 Å². The number of carboxylic acids is 1. The third kappa shape index (κ3) is 4.06. The Morgan fingerprint density at radius 3 is 2.45 bits per heavy atom. The van der Waals surface area contributed by atoms with Crippen molar-refractivity contribution in [2.75, 3.05) is 7.11 Å². The summed E-state index contributed by atoms with van der Waals surface area (Å²) in [5.74, 6) is -0.215. The largest absolute Gasteiger partial charge is 0.495 e. The molecule has 0 unspecified atom stereocenters. The van der Waals surface area contributed by atoms with E-state index in [0.29, 0.717) is 21.5 Å². The molecule has 6 heteroatoms. The summed E-state index contributed by atoms with van der Waals surface area (Å²) < 4.78 is 10.6. The van der Waals surface area contributed by atoms with Crippen LogP contribution < -0.4 is 9.47 Å². The first-order valence-electron chi connectivity index (χ1n) is 6.47. The Labute approximate surface area is 138 Å². The van der Waals surface area contributed by atoms with Crippen molar-refractivity contribution in [3.63, 3.8) is 0 Å². The summed E-state index contributed by atoms with van der Waals surface area (Å²) in [4.78, 5) is 11.4. The predicted molar refractivity (Wildman–Crippen MR) is 85.2 cm³/mol. The van der Waals surface area contributed by atoms with Gasteiger partial charge in [-0.25, -0.2) is 4.79 Å². The van der Waals surface area contributed by atoms with Gasteiger partial charge in [0.2, 0.25) is 0 Å². The lowest BCUT2D eigenvalue weighted by molar-refractivity contribution is -0.145. The SMILES string of the molecule is COc1ccc(C[C@H](Oc2ccccc2Cl)C(=O)O)cc1Cl. The van der Waals surface area contributed by atoms with Crippen LogP contribution in [-0.2, 0) is 11.2 Å². The molecule has 0 amide bonds. The van der Waals surface area contributed by atoms with Crippen LogP contribution >= 0.6 is 23.2 Å². The van der Waals surface area contributed by atoms with Crippen LogP contribution in [0.15, 0.2) is 42.5 Å². The minimum atomic E-state index is -1.08. The van der Waals surface area contributed by atoms with Crippen molar-refractivity contribution in [2.24, 2.45) is 0 Å². The first-order chi connectivity index (χ1) is 10.5. The van der Waals surface area contributed by atoms with Gasteiger partial charge in [-0.2, -0.15) is 0 Å². The van der Waals surface area contributed by atoms with Crippen LogP contribution in [-0.4, -0.2) is 24.3 Å². The number of ether oxygens (including phenoxy) is 2. The van der Waals surface area contributed by atoms with Crippen molar-refractivity contribution in [1.82, 2.24) is 0 Å². The normalized spacial score (nSPS) is 11.8. The Hall–Kier alpha value is -1.91. The number of rotatable bonds is 6. The van der Waals surface area contributed by atoms with E-state index in [1.807, 2.05) is 0 Å². The molecule has 22 heavy (non-hydrogen) atoms. The minimum Gasteiger partial charge on any atom is -0.495 e. The smallest absolute Gasteiger partial charge is 0.345 e. The molecular formula is C16H14Cl2O4. The Morgan fingerprint density at radius 1 is 1.14 bits per heavy atom. The van der Waals surface area contributed by atoms with E-state index in [-0.39, 0.29) is 6.42 Å². The summed E-state index contributed by atoms with van der Waals surface area (Å²) in [7, 11) is 1.52. The highest BCUT2D eigenvalue weighted by atomic mass is 35.5. The van der Waals surface area contributed by atoms with E-state index in [9.17, 15) is 9.90 Å². The van der Waals surface area contributed by atoms with Crippen LogP contribution in [0.2, 0.25) is 10.0 Å². The zero-order valence-electron chi connectivity index (χ0n) is 11.8. The van der Waals surface area contributed by atoms with Gasteiger partial charge in [0.25, 0.3) is 0 Å². The third-order valence-corrected chi connectivity index (χ3v) is 3.63. The minimum absolute atomic E-state index is 0.157. The molecule has 4 nitrogen and oxygen atoms in total. The van der Waals surface area contributed by atoms with Gasteiger partial charge in [-0.05, 0) is 29.8 Å². The molecule has 2 aromatic rings. The molecule has 0 aromatic heterocycles. The van der Waals surface area contributed by atoms with Gasteiger partial charge in [-0.15, -0.1) is 0 Å². The molecule has 1 atom stereocenters. The second-order valence-corrected chi connectivity index (χ2v) is 5.36. The van der Waals surface area contributed by atoms with Crippen molar-refractivity contribution in [1.29, 1.82) is 0 Å². The Kier molecular flexibility index (Phi) is 5.52. The fraction of sp³-hybridized carbons (Fsp3) is 0.188. The number of benzene rings is 2. The van der Waals surface area contributed by atoms with Gasteiger partial charge in [0.05, 0.1) is 17.2 Å². The number of hydrogen-bond acceptors (Lipinski definition) is 3. The highest BCUT2D eigenvalue weighted by molar-refractivity contribution is 6.32. The average Bonchev–Trinajstić information content (AvgIpc) is 2.49. The predicted octanol–water partition coefficient (Wildman–Crippen LogP) is 4.08. The van der Waals surface area contributed by atoms with Gasteiger partial charge in [-0.3, -0.25) is 0 Å². The number of carbonyl (C=O) groups is 1. The topological polar surface area (TPSA) is 55.8 Å². The average molecular weight is 341 g/mol. The first kappa shape index (κ1) is 16.5. The quantitative estimate of drug-likeness (QED) is 0.860. The van der Waals surface area contributed by atoms with Crippen molar-refractivity contribution < 1.29 is 19.4 Å². The van der Waals surface area contributed by atoms with Crippen LogP contribution in [0, 0.1) is 0 Å². The number of halogens is 2. The number of para-hydroxylation sites is 1. The molecule has 0 saturated heterocycles. The maximum absolute atomic E-state index is 11.4. The highest BCUT2D eigenvalue weighted by Gasteiger charge is 2.21. The zero-order chi connectivity index (χ0) is 16.1. The van der Waals surface area contributed by atoms with E-state index in [4.69, 9.17) is 32.7 Å². The van der Waals surface area contributed by atoms with Gasteiger partial charge in [0.15, 0.2) is 6.10 Å². The van der Waals surface area contributed by atoms with Crippen LogP contribution in [0.4, 0.5) is 0 Å². The molecule has 0 heterocycles. The Morgan fingerprint density at radius 2 is 1.86 bits per heavy atom. The molecule has 0 radical (unpaired) electrons. The third-order valence-electron chi connectivity index (χ3n) is 3.02. The van der Waals surface area contributed by atoms with Crippen molar-refractivity contribution in [3.05, 3.63) is 58.1 Å². The van der Waals surface area contributed by atoms with E-state index in [2.05, 4.69) is 0 Å². The number of methoxy groups -OCH3 is 1. The lowest BCUT2D eigenvalue weighted by Crippen LogP contribution is -2.29. The standard InChI is InChI=1S/C16H14Cl2O4/c1-21-13-7-6-10(8-12(13)18)9-15(16(19)20)22-14-5-3-2-4-11(14)17/h2-8,15H,9H2,1H3,(H,19,20)/t15-/m0/s1. The summed E-state index contributed by atoms with van der Waals surface area (Å²) in [5.41, 5.74) is 0.727. The summed E-state index contributed by atoms with van der Waals surface area (Å²) in [6, 6.07) is 11.8. The molecule has 0 saturated carbocycles. The van der Waals surface area contributed by atoms with E-state index >= 15 is 0 Å². The van der Waals surface area contributed by atoms with E-state index in [0.717, 1.165) is 5.56 Å². The van der Waals surface area contributed by atoms with Crippen molar-refractivity contribution >= 4 is 29.2 Å². The van der Waals surface area contributed by atoms with Crippen LogP contribution in [0.25, 0.3) is 0 Å². The van der Waals surface area contributed by atoms with Gasteiger partial charge in [0.1, 0.15) is 11.5 Å². The van der Waals surface area contributed by atoms with Gasteiger partial charge < -0.3 is 14.6 Å². The van der Waals surface area contributed by atoms with Crippen LogP contribution in [0.3, 0.4) is 0 Å². The molecule has 0 aliphatic rings. The fourth-order valence-corrected chi connectivity index (χ4v) is 2.38. The van der Waals surface area contributed by atoms with Gasteiger partial charge in [0, 0.05) is 6.42 Å². The molecule has 0 aliphatic heterocycles. The molecular weight excluding hydrogens is 327 g/mol. The molecule has 0 fully saturated rings. The monoisotopic (exact) mass is 340 g/mol. The number of aliphatic carboxylic acids is 1. The fourth-order valence-electron chi connectivity index (χ4n) is 1.92. The molecule has 0 spiro atoms. The number of hydrogen-bond donors (Lipinski definition) is 1. The molecule has 0 aliphatic carbocycles. The Balaban J connectivity index is 2.17. The maximum Gasteiger partial charge on any atom is 0.345 e. The van der Waals surface area contributed by atoms with Crippen LogP contribution in [0.1, 0.15) is 5.56 Å². The van der Waals surface area contributed by atoms with E-state index in [1.54, 1.807) is 42.5 Å². The molecule has 116 valence electrons. The van der Waals surface area contributed by atoms with Gasteiger partial charge in [-0.1, -0.05) is 41.4 Å². The Bertz CT molecular complexity index is 673.